The summed E-state index contributed by atoms with van der Waals surface area (Å²) in [5, 5.41) is 5.65. The van der Waals surface area contributed by atoms with Crippen molar-refractivity contribution < 1.29 is 4.74 Å². The lowest BCUT2D eigenvalue weighted by atomic mass is 10.2. The molecule has 2 rings (SSSR count). The zero-order valence-electron chi connectivity index (χ0n) is 9.53. The first-order valence-electron chi connectivity index (χ1n) is 5.11. The summed E-state index contributed by atoms with van der Waals surface area (Å²) in [4.78, 5) is 4.08. The zero-order chi connectivity index (χ0) is 13.1. The normalized spacial score (nSPS) is 10.7. The number of benzene rings is 1. The number of aryl methyl sites for hydroxylation is 1. The van der Waals surface area contributed by atoms with Crippen molar-refractivity contribution in [3.05, 3.63) is 39.9 Å². The molecule has 18 heavy (non-hydrogen) atoms. The minimum Gasteiger partial charge on any atom is -0.484 e. The Morgan fingerprint density at radius 2 is 2.17 bits per heavy atom. The Balaban J connectivity index is 2.21. The molecule has 1 aromatic heterocycles. The van der Waals surface area contributed by atoms with Crippen LogP contribution in [0.1, 0.15) is 11.4 Å². The zero-order valence-corrected chi connectivity index (χ0v) is 12.6. The highest BCUT2D eigenvalue weighted by atomic mass is 79.9. The summed E-state index contributed by atoms with van der Waals surface area (Å²) in [5.41, 5.74) is 0.898. The number of alkyl halides is 1. The van der Waals surface area contributed by atoms with Gasteiger partial charge in [-0.05, 0) is 12.1 Å². The summed E-state index contributed by atoms with van der Waals surface area (Å²) < 4.78 is 7.35. The van der Waals surface area contributed by atoms with Crippen molar-refractivity contribution in [2.24, 2.45) is 7.05 Å². The second-order valence-electron chi connectivity index (χ2n) is 3.60. The van der Waals surface area contributed by atoms with Crippen LogP contribution >= 0.6 is 39.1 Å². The Morgan fingerprint density at radius 1 is 1.39 bits per heavy atom. The molecule has 0 radical (unpaired) electrons. The average Bonchev–Trinajstić information content (AvgIpc) is 2.73. The number of aromatic nitrogens is 3. The highest BCUT2D eigenvalue weighted by molar-refractivity contribution is 9.08. The van der Waals surface area contributed by atoms with Gasteiger partial charge in [0.25, 0.3) is 0 Å². The fraction of sp³-hybridized carbons (Fsp3) is 0.273. The monoisotopic (exact) mass is 349 g/mol. The SMILES string of the molecule is Cn1ncnc1COc1c(Cl)cc(Cl)cc1CBr. The number of rotatable bonds is 4. The van der Waals surface area contributed by atoms with E-state index in [-0.39, 0.29) is 0 Å². The van der Waals surface area contributed by atoms with Crippen LogP contribution in [0.3, 0.4) is 0 Å². The molecule has 0 aliphatic heterocycles. The molecular formula is C11H10BrCl2N3O. The highest BCUT2D eigenvalue weighted by Crippen LogP contribution is 2.34. The van der Waals surface area contributed by atoms with Gasteiger partial charge in [-0.25, -0.2) is 4.98 Å². The lowest BCUT2D eigenvalue weighted by Gasteiger charge is -2.12. The number of ether oxygens (including phenoxy) is 1. The molecule has 4 nitrogen and oxygen atoms in total. The number of hydrogen-bond donors (Lipinski definition) is 0. The van der Waals surface area contributed by atoms with Crippen molar-refractivity contribution >= 4 is 39.1 Å². The molecule has 0 fully saturated rings. The van der Waals surface area contributed by atoms with E-state index in [1.165, 1.54) is 6.33 Å². The van der Waals surface area contributed by atoms with Crippen LogP contribution in [0.15, 0.2) is 18.5 Å². The summed E-state index contributed by atoms with van der Waals surface area (Å²) in [6.45, 7) is 0.303. The maximum Gasteiger partial charge on any atom is 0.164 e. The van der Waals surface area contributed by atoms with Gasteiger partial charge in [0.1, 0.15) is 18.7 Å². The molecule has 2 aromatic rings. The second-order valence-corrected chi connectivity index (χ2v) is 5.00. The van der Waals surface area contributed by atoms with Crippen molar-refractivity contribution in [1.82, 2.24) is 14.8 Å². The first-order valence-corrected chi connectivity index (χ1v) is 6.99. The molecule has 0 aliphatic carbocycles. The molecule has 0 N–H and O–H groups in total. The van der Waals surface area contributed by atoms with Crippen molar-refractivity contribution in [2.75, 3.05) is 0 Å². The predicted molar refractivity (Wildman–Crippen MR) is 74.4 cm³/mol. The van der Waals surface area contributed by atoms with Gasteiger partial charge in [-0.2, -0.15) is 5.10 Å². The van der Waals surface area contributed by atoms with E-state index in [2.05, 4.69) is 26.0 Å². The Morgan fingerprint density at radius 3 is 2.78 bits per heavy atom. The molecule has 96 valence electrons. The summed E-state index contributed by atoms with van der Waals surface area (Å²) in [6.07, 6.45) is 1.48. The summed E-state index contributed by atoms with van der Waals surface area (Å²) in [5.74, 6) is 1.34. The lowest BCUT2D eigenvalue weighted by molar-refractivity contribution is 0.288. The molecule has 1 heterocycles. The van der Waals surface area contributed by atoms with Crippen LogP contribution in [0.2, 0.25) is 10.0 Å². The molecular weight excluding hydrogens is 341 g/mol. The van der Waals surface area contributed by atoms with E-state index >= 15 is 0 Å². The number of nitrogens with zero attached hydrogens (tertiary/aromatic N) is 3. The molecule has 0 spiro atoms. The van der Waals surface area contributed by atoms with Gasteiger partial charge in [0, 0.05) is 23.0 Å². The van der Waals surface area contributed by atoms with E-state index in [0.717, 1.165) is 11.4 Å². The smallest absolute Gasteiger partial charge is 0.164 e. The lowest BCUT2D eigenvalue weighted by Crippen LogP contribution is -2.05. The average molecular weight is 351 g/mol. The van der Waals surface area contributed by atoms with E-state index in [9.17, 15) is 0 Å². The van der Waals surface area contributed by atoms with Gasteiger partial charge in [0.2, 0.25) is 0 Å². The maximum absolute atomic E-state index is 6.12. The third-order valence-corrected chi connectivity index (χ3v) is 3.48. The standard InChI is InChI=1S/C11H10BrCl2N3O/c1-17-10(15-6-16-17)5-18-11-7(4-12)2-8(13)3-9(11)14/h2-3,6H,4-5H2,1H3. The van der Waals surface area contributed by atoms with Gasteiger partial charge < -0.3 is 4.74 Å². The topological polar surface area (TPSA) is 39.9 Å². The summed E-state index contributed by atoms with van der Waals surface area (Å²) >= 11 is 15.4. The van der Waals surface area contributed by atoms with Gasteiger partial charge in [-0.15, -0.1) is 0 Å². The predicted octanol–water partition coefficient (Wildman–Crippen LogP) is 3.60. The molecule has 0 saturated carbocycles. The van der Waals surface area contributed by atoms with Crippen LogP contribution in [-0.2, 0) is 19.0 Å². The minimum atomic E-state index is 0.303. The van der Waals surface area contributed by atoms with Crippen LogP contribution in [0.25, 0.3) is 0 Å². The van der Waals surface area contributed by atoms with Gasteiger partial charge in [0.05, 0.1) is 5.02 Å². The Hall–Kier alpha value is -0.780. The third kappa shape index (κ3) is 2.96. The largest absolute Gasteiger partial charge is 0.484 e. The van der Waals surface area contributed by atoms with Gasteiger partial charge in [-0.1, -0.05) is 39.1 Å². The van der Waals surface area contributed by atoms with Gasteiger partial charge in [-0.3, -0.25) is 4.68 Å². The Kier molecular flexibility index (Phi) is 4.48. The van der Waals surface area contributed by atoms with E-state index < -0.39 is 0 Å². The number of halogens is 3. The minimum absolute atomic E-state index is 0.303. The molecule has 0 bridgehead atoms. The first kappa shape index (κ1) is 13.6. The van der Waals surface area contributed by atoms with Crippen LogP contribution in [0, 0.1) is 0 Å². The van der Waals surface area contributed by atoms with Crippen molar-refractivity contribution in [1.29, 1.82) is 0 Å². The van der Waals surface area contributed by atoms with E-state index in [0.29, 0.717) is 27.7 Å². The molecule has 0 aliphatic rings. The summed E-state index contributed by atoms with van der Waals surface area (Å²) in [6, 6.07) is 3.47. The van der Waals surface area contributed by atoms with Gasteiger partial charge in [0.15, 0.2) is 5.82 Å². The Bertz CT molecular complexity index is 559. The van der Waals surface area contributed by atoms with Crippen LogP contribution in [0.5, 0.6) is 5.75 Å². The van der Waals surface area contributed by atoms with Crippen molar-refractivity contribution in [3.63, 3.8) is 0 Å². The maximum atomic E-state index is 6.12. The van der Waals surface area contributed by atoms with E-state index in [1.807, 2.05) is 6.07 Å². The number of hydrogen-bond acceptors (Lipinski definition) is 3. The molecule has 0 unspecified atom stereocenters. The second kappa shape index (κ2) is 5.91. The van der Waals surface area contributed by atoms with Gasteiger partial charge >= 0.3 is 0 Å². The quantitative estimate of drug-likeness (QED) is 0.791. The van der Waals surface area contributed by atoms with Crippen LogP contribution in [-0.4, -0.2) is 14.8 Å². The van der Waals surface area contributed by atoms with Crippen molar-refractivity contribution in [2.45, 2.75) is 11.9 Å². The Labute approximate surface area is 123 Å². The molecule has 0 amide bonds. The molecule has 0 saturated heterocycles. The van der Waals surface area contributed by atoms with E-state index in [4.69, 9.17) is 27.9 Å². The van der Waals surface area contributed by atoms with Crippen LogP contribution in [0.4, 0.5) is 0 Å². The fourth-order valence-electron chi connectivity index (χ4n) is 1.46. The molecule has 0 atom stereocenters. The van der Waals surface area contributed by atoms with Crippen LogP contribution < -0.4 is 4.74 Å². The first-order chi connectivity index (χ1) is 8.61. The molecule has 7 heteroatoms. The van der Waals surface area contributed by atoms with E-state index in [1.54, 1.807) is 17.8 Å². The van der Waals surface area contributed by atoms with Crippen molar-refractivity contribution in [3.8, 4) is 5.75 Å². The highest BCUT2D eigenvalue weighted by Gasteiger charge is 2.11. The fourth-order valence-corrected chi connectivity index (χ4v) is 2.47. The summed E-state index contributed by atoms with van der Waals surface area (Å²) in [7, 11) is 1.81. The third-order valence-electron chi connectivity index (χ3n) is 2.38. The molecule has 1 aromatic carbocycles.